The number of aromatic nitrogens is 1. The second-order valence-corrected chi connectivity index (χ2v) is 9.24. The first-order valence-corrected chi connectivity index (χ1v) is 11.2. The van der Waals surface area contributed by atoms with Crippen molar-refractivity contribution in [2.45, 2.75) is 30.6 Å². The van der Waals surface area contributed by atoms with E-state index >= 15 is 0 Å². The maximum Gasteiger partial charge on any atom is 0.261 e. The van der Waals surface area contributed by atoms with E-state index in [1.54, 1.807) is 24.3 Å². The average Bonchev–Trinajstić information content (AvgIpc) is 2.70. The van der Waals surface area contributed by atoms with Crippen LogP contribution in [0.15, 0.2) is 51.5 Å². The van der Waals surface area contributed by atoms with E-state index in [0.29, 0.717) is 4.90 Å². The van der Waals surface area contributed by atoms with Gasteiger partial charge in [0.15, 0.2) is 0 Å². The molecule has 0 fully saturated rings. The summed E-state index contributed by atoms with van der Waals surface area (Å²) >= 11 is 0. The lowest BCUT2D eigenvalue weighted by atomic mass is 9.95. The molecule has 1 heterocycles. The van der Waals surface area contributed by atoms with Gasteiger partial charge in [-0.15, -0.1) is 0 Å². The van der Waals surface area contributed by atoms with Crippen LogP contribution in [-0.4, -0.2) is 35.7 Å². The number of hydrogen-bond donors (Lipinski definition) is 3. The van der Waals surface area contributed by atoms with Crippen LogP contribution in [0.4, 0.5) is 5.69 Å². The Morgan fingerprint density at radius 2 is 2.03 bits per heavy atom. The summed E-state index contributed by atoms with van der Waals surface area (Å²) < 4.78 is 20.8. The van der Waals surface area contributed by atoms with Gasteiger partial charge in [-0.05, 0) is 55.5 Å². The van der Waals surface area contributed by atoms with E-state index in [2.05, 4.69) is 10.3 Å². The molecule has 1 aliphatic rings. The minimum atomic E-state index is -3.13. The average molecular weight is 415 g/mol. The Kier molecular flexibility index (Phi) is 6.22. The molecule has 3 N–H and O–H groups in total. The number of benzene rings is 1. The molecule has 1 unspecified atom stereocenters. The number of nitrogens with one attached hydrogen (secondary N) is 3. The van der Waals surface area contributed by atoms with E-state index in [-0.39, 0.29) is 12.1 Å². The van der Waals surface area contributed by atoms with Gasteiger partial charge < -0.3 is 15.2 Å². The molecule has 0 saturated heterocycles. The molecule has 1 atom stereocenters. The van der Waals surface area contributed by atoms with Gasteiger partial charge >= 0.3 is 0 Å². The molecule has 7 nitrogen and oxygen atoms in total. The third-order valence-electron chi connectivity index (χ3n) is 4.94. The molecule has 0 saturated carbocycles. The van der Waals surface area contributed by atoms with Gasteiger partial charge in [-0.1, -0.05) is 12.1 Å². The third kappa shape index (κ3) is 4.95. The Morgan fingerprint density at radius 3 is 2.79 bits per heavy atom. The highest BCUT2D eigenvalue weighted by Crippen LogP contribution is 2.20. The first-order valence-electron chi connectivity index (χ1n) is 9.54. The van der Waals surface area contributed by atoms with Gasteiger partial charge in [-0.3, -0.25) is 9.59 Å². The van der Waals surface area contributed by atoms with E-state index < -0.39 is 21.2 Å². The standard InChI is InChI=1S/C21H26N4O3S/c1-25(2)16-8-5-9-17(14-16)29(22,28)12-6-11-23-20(26)18-13-15-7-3-4-10-19(15)24-21(18)27/h5-6,8-9,12-14,22H,3-4,7,10-11H2,1-2H3,(H,23,26)(H,24,27)/b12-6+. The number of pyridine rings is 1. The van der Waals surface area contributed by atoms with E-state index in [9.17, 15) is 13.8 Å². The predicted octanol–water partition coefficient (Wildman–Crippen LogP) is 2.67. The zero-order valence-corrected chi connectivity index (χ0v) is 17.5. The lowest BCUT2D eigenvalue weighted by molar-refractivity contribution is 0.0956. The summed E-state index contributed by atoms with van der Waals surface area (Å²) in [5, 5.41) is 3.93. The van der Waals surface area contributed by atoms with Crippen LogP contribution in [0.5, 0.6) is 0 Å². The van der Waals surface area contributed by atoms with Crippen LogP contribution in [0.25, 0.3) is 0 Å². The number of amides is 1. The summed E-state index contributed by atoms with van der Waals surface area (Å²) in [4.78, 5) is 29.6. The quantitative estimate of drug-likeness (QED) is 0.676. The number of rotatable bonds is 6. The van der Waals surface area contributed by atoms with Crippen LogP contribution in [0.1, 0.15) is 34.5 Å². The smallest absolute Gasteiger partial charge is 0.261 e. The summed E-state index contributed by atoms with van der Waals surface area (Å²) in [6, 6.07) is 8.67. The molecule has 2 aromatic rings. The Hall–Kier alpha value is -2.87. The minimum Gasteiger partial charge on any atom is -0.378 e. The molecule has 0 radical (unpaired) electrons. The van der Waals surface area contributed by atoms with Crippen molar-refractivity contribution in [3.63, 3.8) is 0 Å². The highest BCUT2D eigenvalue weighted by atomic mass is 32.2. The lowest BCUT2D eigenvalue weighted by Crippen LogP contribution is -2.31. The molecule has 1 aliphatic carbocycles. The summed E-state index contributed by atoms with van der Waals surface area (Å²) in [5.41, 5.74) is 2.50. The summed E-state index contributed by atoms with van der Waals surface area (Å²) in [6.07, 6.45) is 5.28. The fourth-order valence-electron chi connectivity index (χ4n) is 3.30. The number of carbonyl (C=O) groups excluding carboxylic acids is 1. The van der Waals surface area contributed by atoms with Crippen LogP contribution < -0.4 is 15.8 Å². The van der Waals surface area contributed by atoms with Crippen LogP contribution in [0, 0.1) is 4.78 Å². The Bertz CT molecular complexity index is 1100. The van der Waals surface area contributed by atoms with Gasteiger partial charge in [0, 0.05) is 37.4 Å². The van der Waals surface area contributed by atoms with Crippen LogP contribution >= 0.6 is 0 Å². The predicted molar refractivity (Wildman–Crippen MR) is 115 cm³/mol. The van der Waals surface area contributed by atoms with Crippen molar-refractivity contribution in [2.75, 3.05) is 25.5 Å². The van der Waals surface area contributed by atoms with Gasteiger partial charge in [-0.25, -0.2) is 8.99 Å². The summed E-state index contributed by atoms with van der Waals surface area (Å²) in [7, 11) is 0.622. The van der Waals surface area contributed by atoms with Crippen molar-refractivity contribution in [1.82, 2.24) is 10.3 Å². The minimum absolute atomic E-state index is 0.0819. The van der Waals surface area contributed by atoms with Crippen molar-refractivity contribution < 1.29 is 9.00 Å². The molecule has 1 aromatic carbocycles. The number of nitrogens with zero attached hydrogens (tertiary/aromatic N) is 1. The highest BCUT2D eigenvalue weighted by Gasteiger charge is 2.16. The largest absolute Gasteiger partial charge is 0.378 e. The van der Waals surface area contributed by atoms with Gasteiger partial charge in [0.25, 0.3) is 11.5 Å². The third-order valence-corrected chi connectivity index (χ3v) is 6.47. The second kappa shape index (κ2) is 8.65. The molecule has 154 valence electrons. The van der Waals surface area contributed by atoms with Crippen molar-refractivity contribution in [1.29, 1.82) is 4.78 Å². The second-order valence-electron chi connectivity index (χ2n) is 7.30. The van der Waals surface area contributed by atoms with E-state index in [0.717, 1.165) is 42.6 Å². The van der Waals surface area contributed by atoms with Crippen molar-refractivity contribution >= 4 is 21.3 Å². The molecule has 0 bridgehead atoms. The molecular formula is C21H26N4O3S. The van der Waals surface area contributed by atoms with Gasteiger partial charge in [-0.2, -0.15) is 0 Å². The molecule has 1 amide bonds. The number of aryl methyl sites for hydroxylation is 2. The Labute approximate surface area is 170 Å². The monoisotopic (exact) mass is 414 g/mol. The van der Waals surface area contributed by atoms with Crippen molar-refractivity contribution in [3.05, 3.63) is 69.0 Å². The van der Waals surface area contributed by atoms with E-state index in [1.165, 1.54) is 11.5 Å². The zero-order chi connectivity index (χ0) is 21.0. The molecule has 1 aromatic heterocycles. The number of carbonyl (C=O) groups is 1. The van der Waals surface area contributed by atoms with Crippen LogP contribution in [0.3, 0.4) is 0 Å². The fraction of sp³-hybridized carbons (Fsp3) is 0.333. The van der Waals surface area contributed by atoms with Crippen LogP contribution in [-0.2, 0) is 22.6 Å². The van der Waals surface area contributed by atoms with Crippen molar-refractivity contribution in [3.8, 4) is 0 Å². The molecule has 3 rings (SSSR count). The molecule has 0 spiro atoms. The topological polar surface area (TPSA) is 106 Å². The normalized spacial score (nSPS) is 15.5. The van der Waals surface area contributed by atoms with Gasteiger partial charge in [0.2, 0.25) is 0 Å². The summed E-state index contributed by atoms with van der Waals surface area (Å²) in [5.74, 6) is -0.477. The zero-order valence-electron chi connectivity index (χ0n) is 16.7. The molecule has 29 heavy (non-hydrogen) atoms. The SMILES string of the molecule is CN(C)c1cccc(S(=N)(=O)/C=C/CNC(=O)c2cc3c([nH]c2=O)CCCC3)c1. The number of H-pyrrole nitrogens is 1. The van der Waals surface area contributed by atoms with E-state index in [1.807, 2.05) is 25.1 Å². The van der Waals surface area contributed by atoms with Crippen LogP contribution in [0.2, 0.25) is 0 Å². The lowest BCUT2D eigenvalue weighted by Gasteiger charge is -2.15. The van der Waals surface area contributed by atoms with E-state index in [4.69, 9.17) is 4.78 Å². The maximum atomic E-state index is 12.7. The fourth-order valence-corrected chi connectivity index (χ4v) is 4.40. The van der Waals surface area contributed by atoms with Gasteiger partial charge in [0.1, 0.15) is 5.56 Å². The maximum absolute atomic E-state index is 12.7. The summed E-state index contributed by atoms with van der Waals surface area (Å²) in [6.45, 7) is 0.0819. The first kappa shape index (κ1) is 20.9. The van der Waals surface area contributed by atoms with Gasteiger partial charge in [0.05, 0.1) is 14.6 Å². The Balaban J connectivity index is 1.66. The highest BCUT2D eigenvalue weighted by molar-refractivity contribution is 7.95. The Morgan fingerprint density at radius 1 is 1.28 bits per heavy atom. The first-order chi connectivity index (χ1) is 13.8. The number of hydrogen-bond acceptors (Lipinski definition) is 5. The molecule has 0 aliphatic heterocycles. The molecular weight excluding hydrogens is 388 g/mol. The number of fused-ring (bicyclic) bond motifs is 1. The van der Waals surface area contributed by atoms with Crippen molar-refractivity contribution in [2.24, 2.45) is 0 Å². The number of anilines is 1. The number of aromatic amines is 1. The molecule has 8 heteroatoms.